The Balaban J connectivity index is 1.03. The highest BCUT2D eigenvalue weighted by atomic mass is 35.5. The van der Waals surface area contributed by atoms with Gasteiger partial charge in [-0.25, -0.2) is 9.78 Å². The first-order valence-electron chi connectivity index (χ1n) is 17.1. The smallest absolute Gasteiger partial charge is 0.410 e. The molecule has 7 rings (SSSR count). The number of rotatable bonds is 9. The number of hydrogen-bond donors (Lipinski definition) is 2. The topological polar surface area (TPSA) is 119 Å². The van der Waals surface area contributed by atoms with Crippen molar-refractivity contribution < 1.29 is 24.2 Å². The van der Waals surface area contributed by atoms with Crippen LogP contribution in [0.2, 0.25) is 5.02 Å². The summed E-state index contributed by atoms with van der Waals surface area (Å²) >= 11 is 6.39. The second kappa shape index (κ2) is 13.8. The Bertz CT molecular complexity index is 1590. The molecular weight excluding hydrogens is 618 g/mol. The van der Waals surface area contributed by atoms with Crippen molar-refractivity contribution in [3.63, 3.8) is 0 Å². The van der Waals surface area contributed by atoms with Crippen LogP contribution in [0.1, 0.15) is 87.3 Å². The van der Waals surface area contributed by atoms with E-state index in [0.29, 0.717) is 67.6 Å². The number of halogens is 1. The van der Waals surface area contributed by atoms with Crippen molar-refractivity contribution in [3.05, 3.63) is 59.0 Å². The number of nitrogens with one attached hydrogen (secondary N) is 1. The maximum atomic E-state index is 13.7. The maximum absolute atomic E-state index is 13.7. The molecule has 3 aromatic rings. The molecule has 0 atom stereocenters. The largest absolute Gasteiger partial charge is 0.480 e. The first kappa shape index (κ1) is 31.9. The molecule has 2 aromatic heterocycles. The van der Waals surface area contributed by atoms with E-state index in [9.17, 15) is 14.7 Å². The third kappa shape index (κ3) is 7.28. The highest BCUT2D eigenvalue weighted by molar-refractivity contribution is 6.31. The summed E-state index contributed by atoms with van der Waals surface area (Å²) in [5.41, 5.74) is 5.44. The lowest BCUT2D eigenvalue weighted by Crippen LogP contribution is -2.54. The van der Waals surface area contributed by atoms with Crippen LogP contribution < -0.4 is 10.1 Å². The van der Waals surface area contributed by atoms with E-state index in [2.05, 4.69) is 32.3 Å². The fraction of sp³-hybridized carbons (Fsp3) is 0.556. The number of ether oxygens (including phenoxy) is 2. The van der Waals surface area contributed by atoms with Gasteiger partial charge in [0.05, 0.1) is 38.5 Å². The van der Waals surface area contributed by atoms with E-state index in [1.54, 1.807) is 7.11 Å². The van der Waals surface area contributed by atoms with Crippen LogP contribution in [0.5, 0.6) is 5.88 Å². The average Bonchev–Trinajstić information content (AvgIpc) is 3.80. The van der Waals surface area contributed by atoms with Crippen molar-refractivity contribution in [1.82, 2.24) is 19.7 Å². The molecule has 1 aromatic carbocycles. The second-order valence-electron chi connectivity index (χ2n) is 13.9. The van der Waals surface area contributed by atoms with Crippen LogP contribution in [0.25, 0.3) is 11.1 Å². The molecular formula is C36H44ClN5O5. The van der Waals surface area contributed by atoms with Crippen LogP contribution in [0.15, 0.2) is 42.9 Å². The number of aliphatic hydroxyl groups is 1. The number of β-amino-alcohol motifs (C(OH)–C–C–N with tert-alkyl or cyclic N) is 1. The minimum atomic E-state index is -0.452. The lowest BCUT2D eigenvalue weighted by molar-refractivity contribution is -0.121. The Labute approximate surface area is 280 Å². The molecule has 2 N–H and O–H groups in total. The molecule has 10 nitrogen and oxygen atoms in total. The Hall–Kier alpha value is -3.63. The quantitative estimate of drug-likeness (QED) is 0.260. The molecule has 3 heterocycles. The number of methoxy groups -OCH3 is 1. The van der Waals surface area contributed by atoms with Gasteiger partial charge >= 0.3 is 6.09 Å². The van der Waals surface area contributed by atoms with Crippen molar-refractivity contribution in [2.45, 2.75) is 94.8 Å². The van der Waals surface area contributed by atoms with Crippen LogP contribution in [-0.2, 0) is 16.0 Å². The van der Waals surface area contributed by atoms with Crippen LogP contribution in [0, 0.1) is 11.8 Å². The summed E-state index contributed by atoms with van der Waals surface area (Å²) in [4.78, 5) is 31.9. The van der Waals surface area contributed by atoms with E-state index in [-0.39, 0.29) is 24.0 Å². The highest BCUT2D eigenvalue weighted by Gasteiger charge is 2.34. The number of likely N-dealkylation sites (tertiary alicyclic amines) is 1. The number of aliphatic hydroxyl groups excluding tert-OH is 1. The van der Waals surface area contributed by atoms with Gasteiger partial charge in [-0.15, -0.1) is 0 Å². The van der Waals surface area contributed by atoms with Gasteiger partial charge in [-0.2, -0.15) is 5.10 Å². The van der Waals surface area contributed by atoms with Crippen LogP contribution in [0.4, 0.5) is 10.5 Å². The first-order chi connectivity index (χ1) is 22.8. The number of amides is 2. The SMILES string of the molecule is COc1ncc(C2CCC(Cc3c(NC(=O)C4CCC(OC(=O)N5CC(O)C5)CC4)cccc3-c3cnn(C4CC4)c3)CC2)cc1Cl. The molecule has 0 radical (unpaired) electrons. The normalized spacial score (nSPS) is 24.8. The minimum absolute atomic E-state index is 0.0281. The van der Waals surface area contributed by atoms with Crippen molar-refractivity contribution in [3.8, 4) is 17.0 Å². The van der Waals surface area contributed by atoms with Gasteiger partial charge in [0.1, 0.15) is 11.1 Å². The zero-order valence-corrected chi connectivity index (χ0v) is 27.7. The van der Waals surface area contributed by atoms with E-state index >= 15 is 0 Å². The van der Waals surface area contributed by atoms with E-state index in [4.69, 9.17) is 21.1 Å². The Kier molecular flexibility index (Phi) is 9.41. The summed E-state index contributed by atoms with van der Waals surface area (Å²) in [5, 5.41) is 18.0. The molecule has 2 amide bonds. The lowest BCUT2D eigenvalue weighted by Gasteiger charge is -2.36. The zero-order valence-electron chi connectivity index (χ0n) is 26.9. The Morgan fingerprint density at radius 1 is 1.02 bits per heavy atom. The van der Waals surface area contributed by atoms with Crippen molar-refractivity contribution >= 4 is 29.3 Å². The molecule has 0 unspecified atom stereocenters. The summed E-state index contributed by atoms with van der Waals surface area (Å²) < 4.78 is 13.0. The third-order valence-electron chi connectivity index (χ3n) is 10.5. The fourth-order valence-corrected chi connectivity index (χ4v) is 7.76. The van der Waals surface area contributed by atoms with E-state index in [1.165, 1.54) is 28.9 Å². The van der Waals surface area contributed by atoms with Gasteiger partial charge in [0.25, 0.3) is 0 Å². The Morgan fingerprint density at radius 3 is 2.47 bits per heavy atom. The minimum Gasteiger partial charge on any atom is -0.480 e. The van der Waals surface area contributed by atoms with Crippen molar-refractivity contribution in [2.24, 2.45) is 11.8 Å². The van der Waals surface area contributed by atoms with Crippen molar-refractivity contribution in [2.75, 3.05) is 25.5 Å². The molecule has 3 saturated carbocycles. The average molecular weight is 662 g/mol. The maximum Gasteiger partial charge on any atom is 0.410 e. The van der Waals surface area contributed by atoms with Crippen LogP contribution in [-0.4, -0.2) is 69.2 Å². The molecule has 47 heavy (non-hydrogen) atoms. The molecule has 4 aliphatic rings. The number of carbonyl (C=O) groups is 2. The summed E-state index contributed by atoms with van der Waals surface area (Å²) in [5.74, 6) is 1.26. The summed E-state index contributed by atoms with van der Waals surface area (Å²) in [6.45, 7) is 0.658. The zero-order chi connectivity index (χ0) is 32.5. The molecule has 4 fully saturated rings. The number of hydrogen-bond acceptors (Lipinski definition) is 7. The van der Waals surface area contributed by atoms with Gasteiger partial charge in [0, 0.05) is 29.6 Å². The predicted molar refractivity (Wildman–Crippen MR) is 179 cm³/mol. The molecule has 0 spiro atoms. The summed E-state index contributed by atoms with van der Waals surface area (Å²) in [7, 11) is 1.58. The van der Waals surface area contributed by atoms with Gasteiger partial charge in [-0.3, -0.25) is 9.48 Å². The van der Waals surface area contributed by atoms with Gasteiger partial charge < -0.3 is 24.8 Å². The highest BCUT2D eigenvalue weighted by Crippen LogP contribution is 2.42. The van der Waals surface area contributed by atoms with Gasteiger partial charge in [0.2, 0.25) is 11.8 Å². The number of nitrogens with zero attached hydrogens (tertiary/aromatic N) is 4. The predicted octanol–water partition coefficient (Wildman–Crippen LogP) is 6.77. The first-order valence-corrected chi connectivity index (χ1v) is 17.5. The van der Waals surface area contributed by atoms with E-state index in [0.717, 1.165) is 48.9 Å². The van der Waals surface area contributed by atoms with E-state index in [1.807, 2.05) is 30.6 Å². The number of benzene rings is 1. The van der Waals surface area contributed by atoms with Crippen molar-refractivity contribution in [1.29, 1.82) is 0 Å². The lowest BCUT2D eigenvalue weighted by atomic mass is 9.76. The number of anilines is 1. The van der Waals surface area contributed by atoms with Crippen LogP contribution >= 0.6 is 11.6 Å². The number of pyridine rings is 1. The van der Waals surface area contributed by atoms with Gasteiger partial charge in [-0.1, -0.05) is 23.7 Å². The second-order valence-corrected chi connectivity index (χ2v) is 14.3. The molecule has 11 heteroatoms. The summed E-state index contributed by atoms with van der Waals surface area (Å²) in [6.07, 6.45) is 15.2. The standard InChI is InChI=1S/C36H44ClN5O5/c1-46-35-32(37)16-25(17-38-35)23-7-5-22(6-8-23)15-31-30(26-18-39-42(19-26)27-11-12-27)3-2-4-33(31)40-34(44)24-9-13-29(14-10-24)47-36(45)41-20-28(43)21-41/h2-4,16-19,22-24,27-29,43H,5-15,20-21H2,1H3,(H,40,44). The number of aromatic nitrogens is 3. The molecule has 250 valence electrons. The summed E-state index contributed by atoms with van der Waals surface area (Å²) in [6, 6.07) is 8.72. The number of carbonyl (C=O) groups excluding carboxylic acids is 2. The van der Waals surface area contributed by atoms with Crippen LogP contribution in [0.3, 0.4) is 0 Å². The monoisotopic (exact) mass is 661 g/mol. The molecule has 1 aliphatic heterocycles. The van der Waals surface area contributed by atoms with Gasteiger partial charge in [-0.05, 0) is 111 Å². The fourth-order valence-electron chi connectivity index (χ4n) is 7.51. The Morgan fingerprint density at radius 2 is 1.79 bits per heavy atom. The molecule has 0 bridgehead atoms. The third-order valence-corrected chi connectivity index (χ3v) is 10.8. The van der Waals surface area contributed by atoms with Gasteiger partial charge in [0.15, 0.2) is 0 Å². The molecule has 3 aliphatic carbocycles. The molecule has 1 saturated heterocycles. The van der Waals surface area contributed by atoms with E-state index < -0.39 is 6.10 Å².